The maximum Gasteiger partial charge on any atom is 0.129 e. The average molecular weight is 237 g/mol. The van der Waals surface area contributed by atoms with E-state index in [1.165, 1.54) is 18.4 Å². The fraction of sp³-hybridized carbons (Fsp3) is 0.714. The van der Waals surface area contributed by atoms with Crippen LogP contribution in [0.5, 0.6) is 0 Å². The first kappa shape index (κ1) is 12.7. The molecular weight excluding hydrogens is 214 g/mol. The van der Waals surface area contributed by atoms with Crippen LogP contribution in [0.25, 0.3) is 0 Å². The predicted octanol–water partition coefficient (Wildman–Crippen LogP) is 3.09. The third-order valence-electron chi connectivity index (χ3n) is 2.83. The van der Waals surface area contributed by atoms with Crippen molar-refractivity contribution >= 4 is 0 Å². The average Bonchev–Trinajstić information content (AvgIpc) is 2.93. The minimum absolute atomic E-state index is 0.139. The van der Waals surface area contributed by atoms with E-state index >= 15 is 0 Å². The Morgan fingerprint density at radius 3 is 2.82 bits per heavy atom. The van der Waals surface area contributed by atoms with E-state index in [1.807, 2.05) is 6.26 Å². The molecule has 1 aliphatic rings. The minimum atomic E-state index is 0.139. The standard InChI is InChI=1S/C14H23NO2/c1-14(2,3)15-7-12-6-13(17-9-12)10-16-8-11-4-5-11/h6,9,11,15H,4-5,7-8,10H2,1-3H3. The molecule has 1 N–H and O–H groups in total. The molecule has 1 aliphatic carbocycles. The summed E-state index contributed by atoms with van der Waals surface area (Å²) in [6.07, 6.45) is 4.48. The monoisotopic (exact) mass is 237 g/mol. The van der Waals surface area contributed by atoms with Crippen LogP contribution in [-0.4, -0.2) is 12.1 Å². The summed E-state index contributed by atoms with van der Waals surface area (Å²) in [5.41, 5.74) is 1.32. The number of furan rings is 1. The first-order valence-corrected chi connectivity index (χ1v) is 6.42. The highest BCUT2D eigenvalue weighted by molar-refractivity contribution is 5.12. The van der Waals surface area contributed by atoms with Crippen molar-refractivity contribution in [1.82, 2.24) is 5.32 Å². The molecule has 0 spiro atoms. The van der Waals surface area contributed by atoms with Crippen molar-refractivity contribution in [2.24, 2.45) is 5.92 Å². The van der Waals surface area contributed by atoms with Gasteiger partial charge in [-0.2, -0.15) is 0 Å². The van der Waals surface area contributed by atoms with Gasteiger partial charge in [0.1, 0.15) is 12.4 Å². The fourth-order valence-corrected chi connectivity index (χ4v) is 1.57. The van der Waals surface area contributed by atoms with E-state index in [-0.39, 0.29) is 5.54 Å². The maximum atomic E-state index is 5.59. The van der Waals surface area contributed by atoms with E-state index in [1.54, 1.807) is 0 Å². The Kier molecular flexibility index (Phi) is 3.89. The number of nitrogens with one attached hydrogen (secondary N) is 1. The summed E-state index contributed by atoms with van der Waals surface area (Å²) in [4.78, 5) is 0. The number of rotatable bonds is 6. The van der Waals surface area contributed by atoms with E-state index in [9.17, 15) is 0 Å². The maximum absolute atomic E-state index is 5.59. The third-order valence-corrected chi connectivity index (χ3v) is 2.83. The van der Waals surface area contributed by atoms with Gasteiger partial charge in [-0.3, -0.25) is 0 Å². The minimum Gasteiger partial charge on any atom is -0.467 e. The molecule has 0 amide bonds. The molecule has 0 radical (unpaired) electrons. The van der Waals surface area contributed by atoms with Crippen molar-refractivity contribution in [1.29, 1.82) is 0 Å². The predicted molar refractivity (Wildman–Crippen MR) is 67.7 cm³/mol. The molecule has 1 aromatic rings. The molecule has 0 aromatic carbocycles. The van der Waals surface area contributed by atoms with Crippen molar-refractivity contribution in [2.75, 3.05) is 6.61 Å². The van der Waals surface area contributed by atoms with Crippen molar-refractivity contribution in [3.05, 3.63) is 23.7 Å². The van der Waals surface area contributed by atoms with Gasteiger partial charge in [0, 0.05) is 24.3 Å². The summed E-state index contributed by atoms with van der Waals surface area (Å²) < 4.78 is 11.1. The summed E-state index contributed by atoms with van der Waals surface area (Å²) in [6.45, 7) is 8.81. The zero-order valence-electron chi connectivity index (χ0n) is 11.1. The normalized spacial score (nSPS) is 16.4. The molecule has 1 heterocycles. The van der Waals surface area contributed by atoms with Crippen molar-refractivity contribution in [3.63, 3.8) is 0 Å². The molecule has 2 rings (SSSR count). The second-order valence-corrected chi connectivity index (χ2v) is 5.98. The van der Waals surface area contributed by atoms with E-state index in [2.05, 4.69) is 32.2 Å². The molecule has 0 bridgehead atoms. The van der Waals surface area contributed by atoms with Crippen LogP contribution in [0.4, 0.5) is 0 Å². The summed E-state index contributed by atoms with van der Waals surface area (Å²) >= 11 is 0. The second kappa shape index (κ2) is 5.23. The van der Waals surface area contributed by atoms with Gasteiger partial charge in [-0.15, -0.1) is 0 Å². The Bertz CT molecular complexity index is 347. The van der Waals surface area contributed by atoms with E-state index < -0.39 is 0 Å². The van der Waals surface area contributed by atoms with Gasteiger partial charge >= 0.3 is 0 Å². The van der Waals surface area contributed by atoms with E-state index in [4.69, 9.17) is 9.15 Å². The smallest absolute Gasteiger partial charge is 0.129 e. The van der Waals surface area contributed by atoms with Crippen LogP contribution >= 0.6 is 0 Å². The lowest BCUT2D eigenvalue weighted by atomic mass is 10.1. The van der Waals surface area contributed by atoms with Crippen LogP contribution in [0.15, 0.2) is 16.7 Å². The number of hydrogen-bond donors (Lipinski definition) is 1. The third kappa shape index (κ3) is 4.92. The van der Waals surface area contributed by atoms with Crippen LogP contribution in [-0.2, 0) is 17.9 Å². The molecule has 17 heavy (non-hydrogen) atoms. The largest absolute Gasteiger partial charge is 0.467 e. The van der Waals surface area contributed by atoms with E-state index in [0.717, 1.165) is 24.8 Å². The zero-order chi connectivity index (χ0) is 12.3. The fourth-order valence-electron chi connectivity index (χ4n) is 1.57. The lowest BCUT2D eigenvalue weighted by Gasteiger charge is -2.19. The quantitative estimate of drug-likeness (QED) is 0.825. The lowest BCUT2D eigenvalue weighted by molar-refractivity contribution is 0.0973. The highest BCUT2D eigenvalue weighted by Crippen LogP contribution is 2.29. The molecule has 96 valence electrons. The van der Waals surface area contributed by atoms with Gasteiger partial charge in [-0.1, -0.05) is 0 Å². The molecule has 0 atom stereocenters. The van der Waals surface area contributed by atoms with Gasteiger partial charge in [-0.25, -0.2) is 0 Å². The molecule has 3 heteroatoms. The van der Waals surface area contributed by atoms with E-state index in [0.29, 0.717) is 6.61 Å². The van der Waals surface area contributed by atoms with Gasteiger partial charge in [0.05, 0.1) is 6.26 Å². The van der Waals surface area contributed by atoms with Gasteiger partial charge < -0.3 is 14.5 Å². The highest BCUT2D eigenvalue weighted by Gasteiger charge is 2.21. The Labute approximate surface area is 104 Å². The summed E-state index contributed by atoms with van der Waals surface area (Å²) in [6, 6.07) is 2.08. The molecule has 1 fully saturated rings. The topological polar surface area (TPSA) is 34.4 Å². The summed E-state index contributed by atoms with van der Waals surface area (Å²) in [5.74, 6) is 1.74. The molecule has 3 nitrogen and oxygen atoms in total. The highest BCUT2D eigenvalue weighted by atomic mass is 16.5. The van der Waals surface area contributed by atoms with Gasteiger partial charge in [0.2, 0.25) is 0 Å². The molecular formula is C14H23NO2. The molecule has 0 unspecified atom stereocenters. The van der Waals surface area contributed by atoms with Crippen molar-refractivity contribution < 1.29 is 9.15 Å². The Hall–Kier alpha value is -0.800. The molecule has 1 aromatic heterocycles. The van der Waals surface area contributed by atoms with Crippen LogP contribution in [0.1, 0.15) is 44.9 Å². The molecule has 1 saturated carbocycles. The van der Waals surface area contributed by atoms with Crippen molar-refractivity contribution in [3.8, 4) is 0 Å². The van der Waals surface area contributed by atoms with Crippen LogP contribution in [0, 0.1) is 5.92 Å². The Morgan fingerprint density at radius 1 is 1.41 bits per heavy atom. The first-order chi connectivity index (χ1) is 8.03. The number of ether oxygens (including phenoxy) is 1. The van der Waals surface area contributed by atoms with Crippen molar-refractivity contribution in [2.45, 2.75) is 52.3 Å². The van der Waals surface area contributed by atoms with Crippen LogP contribution < -0.4 is 5.32 Å². The van der Waals surface area contributed by atoms with Gasteiger partial charge in [-0.05, 0) is 45.6 Å². The van der Waals surface area contributed by atoms with Gasteiger partial charge in [0.25, 0.3) is 0 Å². The van der Waals surface area contributed by atoms with Crippen LogP contribution in [0.3, 0.4) is 0 Å². The Morgan fingerprint density at radius 2 is 2.18 bits per heavy atom. The first-order valence-electron chi connectivity index (χ1n) is 6.42. The van der Waals surface area contributed by atoms with Crippen LogP contribution in [0.2, 0.25) is 0 Å². The SMILES string of the molecule is CC(C)(C)NCc1coc(COCC2CC2)c1. The zero-order valence-corrected chi connectivity index (χ0v) is 11.1. The number of hydrogen-bond acceptors (Lipinski definition) is 3. The molecule has 0 saturated heterocycles. The second-order valence-electron chi connectivity index (χ2n) is 5.98. The lowest BCUT2D eigenvalue weighted by Crippen LogP contribution is -2.34. The molecule has 0 aliphatic heterocycles. The summed E-state index contributed by atoms with van der Waals surface area (Å²) in [7, 11) is 0. The van der Waals surface area contributed by atoms with Gasteiger partial charge in [0.15, 0.2) is 0 Å². The Balaban J connectivity index is 1.70. The summed E-state index contributed by atoms with van der Waals surface area (Å²) in [5, 5.41) is 3.43.